The van der Waals surface area contributed by atoms with Gasteiger partial charge in [0.25, 0.3) is 0 Å². The number of rotatable bonds is 2. The van der Waals surface area contributed by atoms with Gasteiger partial charge in [-0.3, -0.25) is 9.38 Å². The molecule has 0 N–H and O–H groups in total. The molecule has 3 heterocycles. The van der Waals surface area contributed by atoms with Gasteiger partial charge in [-0.1, -0.05) is 11.6 Å². The van der Waals surface area contributed by atoms with Crippen molar-refractivity contribution in [3.63, 3.8) is 0 Å². The summed E-state index contributed by atoms with van der Waals surface area (Å²) in [5.74, 6) is -0.437. The first-order valence-corrected chi connectivity index (χ1v) is 6.17. The molecule has 0 bridgehead atoms. The molecule has 3 rings (SSSR count). The summed E-state index contributed by atoms with van der Waals surface area (Å²) >= 11 is 6.22. The summed E-state index contributed by atoms with van der Waals surface area (Å²) in [6.07, 6.45) is 4.85. The van der Waals surface area contributed by atoms with E-state index in [0.717, 1.165) is 5.52 Å². The van der Waals surface area contributed by atoms with Gasteiger partial charge in [-0.25, -0.2) is 9.78 Å². The largest absolute Gasteiger partial charge is 0.462 e. The Morgan fingerprint density at radius 2 is 2.16 bits per heavy atom. The van der Waals surface area contributed by atoms with E-state index in [0.29, 0.717) is 28.4 Å². The van der Waals surface area contributed by atoms with Crippen LogP contribution in [-0.4, -0.2) is 26.9 Å². The second kappa shape index (κ2) is 4.51. The second-order valence-electron chi connectivity index (χ2n) is 3.93. The number of fused-ring (bicyclic) bond motifs is 3. The van der Waals surface area contributed by atoms with Crippen LogP contribution < -0.4 is 0 Å². The minimum absolute atomic E-state index is 0.307. The van der Waals surface area contributed by atoms with E-state index < -0.39 is 5.97 Å². The lowest BCUT2D eigenvalue weighted by Gasteiger charge is -1.99. The fourth-order valence-corrected chi connectivity index (χ4v) is 2.26. The number of esters is 1. The Morgan fingerprint density at radius 1 is 1.37 bits per heavy atom. The number of hydrogen-bond acceptors (Lipinski definition) is 4. The molecule has 0 saturated heterocycles. The number of pyridine rings is 1. The van der Waals surface area contributed by atoms with Crippen LogP contribution in [0.3, 0.4) is 0 Å². The van der Waals surface area contributed by atoms with Crippen molar-refractivity contribution in [3.05, 3.63) is 41.3 Å². The Hall–Kier alpha value is -2.14. The van der Waals surface area contributed by atoms with Gasteiger partial charge in [0.05, 0.1) is 22.7 Å². The molecule has 5 nitrogen and oxygen atoms in total. The molecule has 19 heavy (non-hydrogen) atoms. The molecule has 0 aromatic carbocycles. The minimum Gasteiger partial charge on any atom is -0.462 e. The third-order valence-electron chi connectivity index (χ3n) is 2.81. The second-order valence-corrected chi connectivity index (χ2v) is 4.31. The maximum atomic E-state index is 11.8. The molecule has 96 valence electrons. The van der Waals surface area contributed by atoms with Gasteiger partial charge in [0, 0.05) is 18.6 Å². The average molecular weight is 276 g/mol. The SMILES string of the molecule is CCOC(=O)c1cn2c(ccc3nccnc32)c1Cl. The number of nitrogens with zero attached hydrogens (tertiary/aromatic N) is 3. The first kappa shape index (κ1) is 11.9. The van der Waals surface area contributed by atoms with Crippen molar-refractivity contribution < 1.29 is 9.53 Å². The standard InChI is InChI=1S/C13H10ClN3O2/c1-2-19-13(18)8-7-17-10(11(8)14)4-3-9-12(17)16-6-5-15-9/h3-7H,2H2,1H3. The number of hydrogen-bond donors (Lipinski definition) is 0. The summed E-state index contributed by atoms with van der Waals surface area (Å²) in [5, 5.41) is 0.367. The lowest BCUT2D eigenvalue weighted by molar-refractivity contribution is 0.0527. The first-order chi connectivity index (χ1) is 9.22. The van der Waals surface area contributed by atoms with Crippen molar-refractivity contribution >= 4 is 34.3 Å². The quantitative estimate of drug-likeness (QED) is 0.675. The Balaban J connectivity index is 2.30. The zero-order chi connectivity index (χ0) is 13.4. The predicted octanol–water partition coefficient (Wildman–Crippen LogP) is 2.71. The van der Waals surface area contributed by atoms with Crippen LogP contribution >= 0.6 is 11.6 Å². The summed E-state index contributed by atoms with van der Waals surface area (Å²) in [5.41, 5.74) is 2.42. The molecule has 6 heteroatoms. The van der Waals surface area contributed by atoms with Gasteiger partial charge >= 0.3 is 5.97 Å². The molecular weight excluding hydrogens is 266 g/mol. The van der Waals surface area contributed by atoms with Gasteiger partial charge in [0.1, 0.15) is 5.52 Å². The molecule has 0 amide bonds. The molecule has 0 atom stereocenters. The van der Waals surface area contributed by atoms with Crippen LogP contribution in [0, 0.1) is 0 Å². The molecule has 0 aliphatic carbocycles. The maximum absolute atomic E-state index is 11.8. The maximum Gasteiger partial charge on any atom is 0.341 e. The molecule has 0 saturated carbocycles. The van der Waals surface area contributed by atoms with Gasteiger partial charge in [-0.05, 0) is 19.1 Å². The molecule has 3 aromatic rings. The highest BCUT2D eigenvalue weighted by atomic mass is 35.5. The van der Waals surface area contributed by atoms with E-state index in [4.69, 9.17) is 16.3 Å². The number of carbonyl (C=O) groups is 1. The highest BCUT2D eigenvalue weighted by Gasteiger charge is 2.18. The van der Waals surface area contributed by atoms with Gasteiger partial charge < -0.3 is 4.74 Å². The van der Waals surface area contributed by atoms with E-state index in [9.17, 15) is 4.79 Å². The minimum atomic E-state index is -0.437. The van der Waals surface area contributed by atoms with Gasteiger partial charge in [-0.2, -0.15) is 0 Å². The molecule has 0 unspecified atom stereocenters. The van der Waals surface area contributed by atoms with Crippen molar-refractivity contribution in [3.8, 4) is 0 Å². The molecule has 0 radical (unpaired) electrons. The fourth-order valence-electron chi connectivity index (χ4n) is 1.98. The monoisotopic (exact) mass is 275 g/mol. The Bertz CT molecular complexity index is 782. The van der Waals surface area contributed by atoms with Crippen LogP contribution in [0.4, 0.5) is 0 Å². The van der Waals surface area contributed by atoms with Crippen LogP contribution in [0.1, 0.15) is 17.3 Å². The highest BCUT2D eigenvalue weighted by molar-refractivity contribution is 6.37. The highest BCUT2D eigenvalue weighted by Crippen LogP contribution is 2.27. The van der Waals surface area contributed by atoms with E-state index in [-0.39, 0.29) is 0 Å². The van der Waals surface area contributed by atoms with Crippen LogP contribution in [0.15, 0.2) is 30.7 Å². The lowest BCUT2D eigenvalue weighted by Crippen LogP contribution is -2.03. The molecule has 0 fully saturated rings. The van der Waals surface area contributed by atoms with E-state index in [1.54, 1.807) is 29.9 Å². The summed E-state index contributed by atoms with van der Waals surface area (Å²) < 4.78 is 6.72. The van der Waals surface area contributed by atoms with Crippen LogP contribution in [0.5, 0.6) is 0 Å². The van der Waals surface area contributed by atoms with E-state index >= 15 is 0 Å². The molecular formula is C13H10ClN3O2. The Morgan fingerprint density at radius 3 is 2.95 bits per heavy atom. The van der Waals surface area contributed by atoms with Crippen molar-refractivity contribution in [1.82, 2.24) is 14.4 Å². The van der Waals surface area contributed by atoms with E-state index in [1.165, 1.54) is 0 Å². The third-order valence-corrected chi connectivity index (χ3v) is 3.21. The fraction of sp³-hybridized carbons (Fsp3) is 0.154. The number of aromatic nitrogens is 3. The predicted molar refractivity (Wildman–Crippen MR) is 71.5 cm³/mol. The molecule has 3 aromatic heterocycles. The molecule has 0 aliphatic rings. The van der Waals surface area contributed by atoms with Crippen molar-refractivity contribution in [2.45, 2.75) is 6.92 Å². The van der Waals surface area contributed by atoms with E-state index in [1.807, 2.05) is 12.1 Å². The Kier molecular flexibility index (Phi) is 2.83. The first-order valence-electron chi connectivity index (χ1n) is 5.79. The summed E-state index contributed by atoms with van der Waals surface area (Å²) in [4.78, 5) is 20.3. The smallest absolute Gasteiger partial charge is 0.341 e. The van der Waals surface area contributed by atoms with E-state index in [2.05, 4.69) is 9.97 Å². The van der Waals surface area contributed by atoms with Crippen molar-refractivity contribution in [1.29, 1.82) is 0 Å². The zero-order valence-electron chi connectivity index (χ0n) is 10.1. The third kappa shape index (κ3) is 1.82. The van der Waals surface area contributed by atoms with Crippen LogP contribution in [0.25, 0.3) is 16.7 Å². The molecule has 0 spiro atoms. The average Bonchev–Trinajstić information content (AvgIpc) is 2.77. The van der Waals surface area contributed by atoms with Crippen molar-refractivity contribution in [2.24, 2.45) is 0 Å². The summed E-state index contributed by atoms with van der Waals surface area (Å²) in [6, 6.07) is 3.63. The van der Waals surface area contributed by atoms with Gasteiger partial charge in [0.2, 0.25) is 0 Å². The number of carbonyl (C=O) groups excluding carboxylic acids is 1. The number of halogens is 1. The van der Waals surface area contributed by atoms with Gasteiger partial charge in [-0.15, -0.1) is 0 Å². The Labute approximate surface area is 113 Å². The summed E-state index contributed by atoms with van der Waals surface area (Å²) in [6.45, 7) is 2.06. The normalized spacial score (nSPS) is 11.1. The van der Waals surface area contributed by atoms with Crippen LogP contribution in [-0.2, 0) is 4.74 Å². The van der Waals surface area contributed by atoms with Gasteiger partial charge in [0.15, 0.2) is 5.65 Å². The van der Waals surface area contributed by atoms with Crippen molar-refractivity contribution in [2.75, 3.05) is 6.61 Å². The zero-order valence-corrected chi connectivity index (χ0v) is 10.9. The van der Waals surface area contributed by atoms with Crippen LogP contribution in [0.2, 0.25) is 5.02 Å². The number of ether oxygens (including phenoxy) is 1. The topological polar surface area (TPSA) is 56.5 Å². The molecule has 0 aliphatic heterocycles. The summed E-state index contributed by atoms with van der Waals surface area (Å²) in [7, 11) is 0. The lowest BCUT2D eigenvalue weighted by atomic mass is 10.3.